The molecule has 0 spiro atoms. The van der Waals surface area contributed by atoms with Crippen LogP contribution < -0.4 is 5.32 Å². The summed E-state index contributed by atoms with van der Waals surface area (Å²) in [6.45, 7) is 7.85. The molecule has 0 aromatic carbocycles. The van der Waals surface area contributed by atoms with Gasteiger partial charge in [-0.3, -0.25) is 4.99 Å². The summed E-state index contributed by atoms with van der Waals surface area (Å²) >= 11 is 2.06. The van der Waals surface area contributed by atoms with E-state index < -0.39 is 0 Å². The fourth-order valence-electron chi connectivity index (χ4n) is 2.83. The first-order valence-corrected chi connectivity index (χ1v) is 8.37. The first kappa shape index (κ1) is 14.8. The number of nitrogens with one attached hydrogen (secondary N) is 1. The minimum atomic E-state index is 0.337. The van der Waals surface area contributed by atoms with Gasteiger partial charge >= 0.3 is 0 Å². The van der Waals surface area contributed by atoms with Crippen LogP contribution >= 0.6 is 11.8 Å². The highest BCUT2D eigenvalue weighted by Crippen LogP contribution is 2.29. The number of allylic oxidation sites excluding steroid dienone is 1. The highest BCUT2D eigenvalue weighted by molar-refractivity contribution is 8.00. The monoisotopic (exact) mass is 281 g/mol. The Morgan fingerprint density at radius 2 is 2.37 bits per heavy atom. The summed E-state index contributed by atoms with van der Waals surface area (Å²) in [5.41, 5.74) is 1.62. The minimum Gasteiger partial charge on any atom is -0.356 e. The Balaban J connectivity index is 1.79. The van der Waals surface area contributed by atoms with Crippen molar-refractivity contribution in [3.8, 4) is 0 Å². The smallest absolute Gasteiger partial charge is 0.193 e. The van der Waals surface area contributed by atoms with Crippen LogP contribution in [0.1, 0.15) is 39.5 Å². The molecule has 1 aliphatic heterocycles. The van der Waals surface area contributed by atoms with Gasteiger partial charge < -0.3 is 10.2 Å². The molecule has 19 heavy (non-hydrogen) atoms. The summed E-state index contributed by atoms with van der Waals surface area (Å²) in [4.78, 5) is 6.85. The first-order valence-electron chi connectivity index (χ1n) is 7.38. The van der Waals surface area contributed by atoms with E-state index in [0.717, 1.165) is 25.6 Å². The quantitative estimate of drug-likeness (QED) is 0.490. The van der Waals surface area contributed by atoms with E-state index in [0.29, 0.717) is 4.75 Å². The van der Waals surface area contributed by atoms with Crippen LogP contribution in [0.5, 0.6) is 0 Å². The van der Waals surface area contributed by atoms with E-state index in [1.807, 2.05) is 7.05 Å². The van der Waals surface area contributed by atoms with Crippen molar-refractivity contribution in [2.45, 2.75) is 44.3 Å². The van der Waals surface area contributed by atoms with Crippen LogP contribution in [-0.2, 0) is 0 Å². The summed E-state index contributed by atoms with van der Waals surface area (Å²) in [5.74, 6) is 2.27. The van der Waals surface area contributed by atoms with Gasteiger partial charge in [-0.05, 0) is 39.5 Å². The number of hydrogen-bond donors (Lipinski definition) is 1. The zero-order valence-corrected chi connectivity index (χ0v) is 13.4. The largest absolute Gasteiger partial charge is 0.356 e. The lowest BCUT2D eigenvalue weighted by atomic mass is 10.1. The van der Waals surface area contributed by atoms with Crippen molar-refractivity contribution < 1.29 is 0 Å². The number of nitrogens with zero attached hydrogens (tertiary/aromatic N) is 2. The van der Waals surface area contributed by atoms with Gasteiger partial charge in [-0.25, -0.2) is 0 Å². The van der Waals surface area contributed by atoms with Crippen molar-refractivity contribution >= 4 is 17.7 Å². The van der Waals surface area contributed by atoms with Crippen molar-refractivity contribution in [3.05, 3.63) is 11.6 Å². The van der Waals surface area contributed by atoms with Crippen LogP contribution in [0.4, 0.5) is 0 Å². The van der Waals surface area contributed by atoms with Crippen LogP contribution in [0.25, 0.3) is 0 Å². The molecule has 0 aromatic rings. The molecule has 3 nitrogen and oxygen atoms in total. The maximum atomic E-state index is 4.44. The normalized spacial score (nSPS) is 23.4. The number of aliphatic imine (C=N–C) groups is 1. The molecule has 1 heterocycles. The van der Waals surface area contributed by atoms with Gasteiger partial charge in [0.05, 0.1) is 0 Å². The molecule has 0 bridgehead atoms. The predicted octanol–water partition coefficient (Wildman–Crippen LogP) is 2.89. The molecule has 1 aliphatic carbocycles. The molecular formula is C15H27N3S. The van der Waals surface area contributed by atoms with Crippen LogP contribution in [-0.4, -0.2) is 48.0 Å². The molecule has 1 fully saturated rings. The standard InChI is InChI=1S/C15H27N3S/c1-15(2)12-18(10-11-19-15)14(16-3)17-9-8-13-6-4-5-7-13/h6H,4-5,7-12H2,1-3H3,(H,16,17). The zero-order chi connectivity index (χ0) is 13.7. The minimum absolute atomic E-state index is 0.337. The molecule has 0 aromatic heterocycles. The van der Waals surface area contributed by atoms with E-state index in [9.17, 15) is 0 Å². The van der Waals surface area contributed by atoms with Gasteiger partial charge in [0.15, 0.2) is 5.96 Å². The molecule has 0 radical (unpaired) electrons. The number of thioether (sulfide) groups is 1. The molecule has 0 atom stereocenters. The summed E-state index contributed by atoms with van der Waals surface area (Å²) in [7, 11) is 1.89. The van der Waals surface area contributed by atoms with E-state index in [2.05, 4.69) is 46.9 Å². The Morgan fingerprint density at radius 3 is 3.00 bits per heavy atom. The maximum absolute atomic E-state index is 4.44. The number of hydrogen-bond acceptors (Lipinski definition) is 2. The topological polar surface area (TPSA) is 27.6 Å². The highest BCUT2D eigenvalue weighted by atomic mass is 32.2. The summed E-state index contributed by atoms with van der Waals surface area (Å²) < 4.78 is 0.337. The van der Waals surface area contributed by atoms with Gasteiger partial charge in [0.1, 0.15) is 0 Å². The van der Waals surface area contributed by atoms with Gasteiger partial charge in [0, 0.05) is 37.2 Å². The third-order valence-electron chi connectivity index (χ3n) is 3.80. The Labute approximate surface area is 121 Å². The van der Waals surface area contributed by atoms with Crippen molar-refractivity contribution in [2.24, 2.45) is 4.99 Å². The fraction of sp³-hybridized carbons (Fsp3) is 0.800. The van der Waals surface area contributed by atoms with Gasteiger partial charge in [-0.1, -0.05) is 11.6 Å². The Morgan fingerprint density at radius 1 is 1.53 bits per heavy atom. The molecule has 108 valence electrons. The first-order chi connectivity index (χ1) is 9.11. The molecule has 2 aliphatic rings. The van der Waals surface area contributed by atoms with Crippen molar-refractivity contribution in [2.75, 3.05) is 32.4 Å². The van der Waals surface area contributed by atoms with E-state index >= 15 is 0 Å². The van der Waals surface area contributed by atoms with E-state index in [1.54, 1.807) is 5.57 Å². The molecule has 1 N–H and O–H groups in total. The Kier molecular flexibility index (Phi) is 5.20. The number of rotatable bonds is 3. The predicted molar refractivity (Wildman–Crippen MR) is 86.0 cm³/mol. The zero-order valence-electron chi connectivity index (χ0n) is 12.5. The fourth-order valence-corrected chi connectivity index (χ4v) is 3.94. The molecule has 1 saturated heterocycles. The lowest BCUT2D eigenvalue weighted by Crippen LogP contribution is -2.51. The molecule has 0 saturated carbocycles. The van der Waals surface area contributed by atoms with Crippen LogP contribution in [0, 0.1) is 0 Å². The van der Waals surface area contributed by atoms with E-state index in [1.165, 1.54) is 31.4 Å². The lowest BCUT2D eigenvalue weighted by Gasteiger charge is -2.39. The van der Waals surface area contributed by atoms with Gasteiger partial charge in [-0.2, -0.15) is 11.8 Å². The summed E-state index contributed by atoms with van der Waals surface area (Å²) in [5, 5.41) is 3.53. The van der Waals surface area contributed by atoms with Gasteiger partial charge in [0.2, 0.25) is 0 Å². The summed E-state index contributed by atoms with van der Waals surface area (Å²) in [6, 6.07) is 0. The molecule has 0 amide bonds. The second-order valence-corrected chi connectivity index (χ2v) is 7.81. The Bertz CT molecular complexity index is 360. The Hall–Kier alpha value is -0.640. The third-order valence-corrected chi connectivity index (χ3v) is 5.10. The average Bonchev–Trinajstić information content (AvgIpc) is 2.86. The maximum Gasteiger partial charge on any atom is 0.193 e. The third kappa shape index (κ3) is 4.44. The van der Waals surface area contributed by atoms with Crippen molar-refractivity contribution in [3.63, 3.8) is 0 Å². The van der Waals surface area contributed by atoms with Crippen molar-refractivity contribution in [1.29, 1.82) is 0 Å². The molecule has 4 heteroatoms. The van der Waals surface area contributed by atoms with Gasteiger partial charge in [-0.15, -0.1) is 0 Å². The lowest BCUT2D eigenvalue weighted by molar-refractivity contribution is 0.376. The SMILES string of the molecule is CN=C(NCCC1=CCCC1)N1CCSC(C)(C)C1. The van der Waals surface area contributed by atoms with E-state index in [4.69, 9.17) is 0 Å². The molecule has 2 rings (SSSR count). The molecule has 0 unspecified atom stereocenters. The van der Waals surface area contributed by atoms with Crippen LogP contribution in [0.15, 0.2) is 16.6 Å². The van der Waals surface area contributed by atoms with E-state index in [-0.39, 0.29) is 0 Å². The van der Waals surface area contributed by atoms with Crippen LogP contribution in [0.3, 0.4) is 0 Å². The van der Waals surface area contributed by atoms with Crippen molar-refractivity contribution in [1.82, 2.24) is 10.2 Å². The highest BCUT2D eigenvalue weighted by Gasteiger charge is 2.28. The average molecular weight is 281 g/mol. The number of guanidine groups is 1. The second-order valence-electron chi connectivity index (χ2n) is 6.01. The van der Waals surface area contributed by atoms with Gasteiger partial charge in [0.25, 0.3) is 0 Å². The summed E-state index contributed by atoms with van der Waals surface area (Å²) in [6.07, 6.45) is 7.51. The molecular weight excluding hydrogens is 254 g/mol. The van der Waals surface area contributed by atoms with Crippen LogP contribution in [0.2, 0.25) is 0 Å². The second kappa shape index (κ2) is 6.69.